The molecule has 156 valence electrons. The summed E-state index contributed by atoms with van der Waals surface area (Å²) in [6.45, 7) is 7.43. The average molecular weight is 401 g/mol. The lowest BCUT2D eigenvalue weighted by Gasteiger charge is -2.35. The normalized spacial score (nSPS) is 15.5. The number of nitrogens with zero attached hydrogens (tertiary/aromatic N) is 2. The molecule has 3 heteroatoms. The minimum Gasteiger partial charge on any atom is -0.367 e. The Bertz CT molecular complexity index is 806. The van der Waals surface area contributed by atoms with Crippen LogP contribution in [0.1, 0.15) is 22.8 Å². The molecular weight excluding hydrogens is 368 g/mol. The fraction of sp³-hybridized carbons (Fsp3) is 0.333. The Kier molecular flexibility index (Phi) is 7.68. The van der Waals surface area contributed by atoms with Crippen LogP contribution in [0.4, 0.5) is 0 Å². The van der Waals surface area contributed by atoms with Crippen molar-refractivity contribution in [2.75, 3.05) is 45.9 Å². The van der Waals surface area contributed by atoms with Crippen LogP contribution >= 0.6 is 0 Å². The summed E-state index contributed by atoms with van der Waals surface area (Å²) in [6, 6.07) is 31.9. The molecule has 3 nitrogen and oxygen atoms in total. The Morgan fingerprint density at radius 2 is 1.07 bits per heavy atom. The third-order valence-corrected chi connectivity index (χ3v) is 5.92. The van der Waals surface area contributed by atoms with Crippen LogP contribution in [-0.2, 0) is 11.2 Å². The van der Waals surface area contributed by atoms with Gasteiger partial charge in [-0.15, -0.1) is 0 Å². The molecule has 0 aliphatic carbocycles. The number of rotatable bonds is 9. The van der Waals surface area contributed by atoms with Crippen molar-refractivity contribution in [1.82, 2.24) is 9.80 Å². The molecule has 0 spiro atoms. The van der Waals surface area contributed by atoms with Gasteiger partial charge in [-0.2, -0.15) is 0 Å². The summed E-state index contributed by atoms with van der Waals surface area (Å²) in [6.07, 6.45) is 1.14. The Hall–Kier alpha value is -2.46. The summed E-state index contributed by atoms with van der Waals surface area (Å²) in [4.78, 5) is 5.12. The molecule has 0 amide bonds. The van der Waals surface area contributed by atoms with Crippen LogP contribution in [0.15, 0.2) is 91.0 Å². The fourth-order valence-corrected chi connectivity index (χ4v) is 4.11. The van der Waals surface area contributed by atoms with E-state index in [4.69, 9.17) is 4.74 Å². The molecule has 0 N–H and O–H groups in total. The monoisotopic (exact) mass is 400 g/mol. The first kappa shape index (κ1) is 20.8. The predicted octanol–water partition coefficient (Wildman–Crippen LogP) is 4.65. The smallest absolute Gasteiger partial charge is 0.108 e. The van der Waals surface area contributed by atoms with Crippen LogP contribution in [0, 0.1) is 0 Å². The van der Waals surface area contributed by atoms with Gasteiger partial charge in [0.1, 0.15) is 6.10 Å². The SMILES string of the molecule is c1ccc(CCN2CCN(CCOC(c3ccccc3)c3ccccc3)CC2)cc1. The highest BCUT2D eigenvalue weighted by atomic mass is 16.5. The van der Waals surface area contributed by atoms with Crippen molar-refractivity contribution < 1.29 is 4.74 Å². The summed E-state index contributed by atoms with van der Waals surface area (Å²) in [5, 5.41) is 0. The minimum absolute atomic E-state index is 0.000406. The maximum atomic E-state index is 6.39. The van der Waals surface area contributed by atoms with Crippen LogP contribution < -0.4 is 0 Å². The molecule has 0 unspecified atom stereocenters. The summed E-state index contributed by atoms with van der Waals surface area (Å²) < 4.78 is 6.39. The first-order valence-electron chi connectivity index (χ1n) is 11.1. The van der Waals surface area contributed by atoms with E-state index in [2.05, 4.69) is 101 Å². The average Bonchev–Trinajstić information content (AvgIpc) is 2.83. The van der Waals surface area contributed by atoms with Crippen LogP contribution in [-0.4, -0.2) is 55.7 Å². The van der Waals surface area contributed by atoms with Crippen molar-refractivity contribution in [3.8, 4) is 0 Å². The third kappa shape index (κ3) is 6.02. The molecule has 1 aliphatic rings. The summed E-state index contributed by atoms with van der Waals surface area (Å²) in [5.41, 5.74) is 3.87. The maximum Gasteiger partial charge on any atom is 0.108 e. The zero-order valence-corrected chi connectivity index (χ0v) is 17.7. The van der Waals surface area contributed by atoms with Crippen molar-refractivity contribution in [3.05, 3.63) is 108 Å². The molecule has 1 aliphatic heterocycles. The molecule has 30 heavy (non-hydrogen) atoms. The van der Waals surface area contributed by atoms with E-state index in [1.54, 1.807) is 0 Å². The van der Waals surface area contributed by atoms with Gasteiger partial charge in [-0.25, -0.2) is 0 Å². The molecule has 0 aromatic heterocycles. The summed E-state index contributed by atoms with van der Waals surface area (Å²) in [5.74, 6) is 0. The van der Waals surface area contributed by atoms with Gasteiger partial charge in [0.2, 0.25) is 0 Å². The predicted molar refractivity (Wildman–Crippen MR) is 124 cm³/mol. The summed E-state index contributed by atoms with van der Waals surface area (Å²) in [7, 11) is 0. The van der Waals surface area contributed by atoms with Crippen LogP contribution in [0.2, 0.25) is 0 Å². The van der Waals surface area contributed by atoms with Crippen molar-refractivity contribution in [2.45, 2.75) is 12.5 Å². The van der Waals surface area contributed by atoms with Gasteiger partial charge in [0.15, 0.2) is 0 Å². The molecule has 3 aromatic rings. The van der Waals surface area contributed by atoms with E-state index in [1.807, 2.05) is 0 Å². The largest absolute Gasteiger partial charge is 0.367 e. The molecule has 0 bridgehead atoms. The van der Waals surface area contributed by atoms with Crippen molar-refractivity contribution >= 4 is 0 Å². The molecule has 4 rings (SSSR count). The van der Waals surface area contributed by atoms with E-state index in [0.717, 1.165) is 52.3 Å². The van der Waals surface area contributed by atoms with E-state index in [1.165, 1.54) is 16.7 Å². The zero-order chi connectivity index (χ0) is 20.4. The Morgan fingerprint density at radius 1 is 0.600 bits per heavy atom. The van der Waals surface area contributed by atoms with E-state index in [9.17, 15) is 0 Å². The van der Waals surface area contributed by atoms with Gasteiger partial charge in [0.25, 0.3) is 0 Å². The molecule has 0 radical (unpaired) electrons. The van der Waals surface area contributed by atoms with Crippen LogP contribution in [0.3, 0.4) is 0 Å². The lowest BCUT2D eigenvalue weighted by atomic mass is 10.0. The van der Waals surface area contributed by atoms with E-state index < -0.39 is 0 Å². The Labute approximate surface area is 180 Å². The van der Waals surface area contributed by atoms with Crippen LogP contribution in [0.5, 0.6) is 0 Å². The third-order valence-electron chi connectivity index (χ3n) is 5.92. The minimum atomic E-state index is -0.000406. The standard InChI is InChI=1S/C27H32N2O/c1-4-10-24(11-5-1)16-17-28-18-20-29(21-19-28)22-23-30-27(25-12-6-2-7-13-25)26-14-8-3-9-15-26/h1-15,27H,16-23H2. The van der Waals surface area contributed by atoms with Gasteiger partial charge in [-0.05, 0) is 23.1 Å². The maximum absolute atomic E-state index is 6.39. The number of piperazine rings is 1. The fourth-order valence-electron chi connectivity index (χ4n) is 4.11. The summed E-state index contributed by atoms with van der Waals surface area (Å²) >= 11 is 0. The topological polar surface area (TPSA) is 15.7 Å². The van der Waals surface area contributed by atoms with Crippen LogP contribution in [0.25, 0.3) is 0 Å². The number of benzene rings is 3. The Morgan fingerprint density at radius 3 is 1.60 bits per heavy atom. The van der Waals surface area contributed by atoms with E-state index in [0.29, 0.717) is 0 Å². The number of hydrogen-bond donors (Lipinski definition) is 0. The lowest BCUT2D eigenvalue weighted by Crippen LogP contribution is -2.47. The first-order chi connectivity index (χ1) is 14.9. The molecule has 0 atom stereocenters. The van der Waals surface area contributed by atoms with Crippen molar-refractivity contribution in [2.24, 2.45) is 0 Å². The first-order valence-corrected chi connectivity index (χ1v) is 11.1. The number of ether oxygens (including phenoxy) is 1. The van der Waals surface area contributed by atoms with Crippen molar-refractivity contribution in [1.29, 1.82) is 0 Å². The highest BCUT2D eigenvalue weighted by molar-refractivity contribution is 5.29. The van der Waals surface area contributed by atoms with Gasteiger partial charge < -0.3 is 9.64 Å². The van der Waals surface area contributed by atoms with Gasteiger partial charge >= 0.3 is 0 Å². The molecule has 1 fully saturated rings. The highest BCUT2D eigenvalue weighted by Crippen LogP contribution is 2.25. The second-order valence-corrected chi connectivity index (χ2v) is 7.99. The van der Waals surface area contributed by atoms with Gasteiger partial charge in [-0.1, -0.05) is 91.0 Å². The number of hydrogen-bond acceptors (Lipinski definition) is 3. The van der Waals surface area contributed by atoms with Gasteiger partial charge in [0, 0.05) is 39.3 Å². The lowest BCUT2D eigenvalue weighted by molar-refractivity contribution is 0.0454. The second-order valence-electron chi connectivity index (χ2n) is 7.99. The molecule has 0 saturated carbocycles. The zero-order valence-electron chi connectivity index (χ0n) is 17.7. The molecular formula is C27H32N2O. The Balaban J connectivity index is 1.23. The quantitative estimate of drug-likeness (QED) is 0.520. The van der Waals surface area contributed by atoms with Gasteiger partial charge in [0.05, 0.1) is 6.61 Å². The molecule has 1 saturated heterocycles. The van der Waals surface area contributed by atoms with Crippen molar-refractivity contribution in [3.63, 3.8) is 0 Å². The van der Waals surface area contributed by atoms with E-state index >= 15 is 0 Å². The highest BCUT2D eigenvalue weighted by Gasteiger charge is 2.18. The second kappa shape index (κ2) is 11.1. The van der Waals surface area contributed by atoms with E-state index in [-0.39, 0.29) is 6.10 Å². The van der Waals surface area contributed by atoms with Gasteiger partial charge in [-0.3, -0.25) is 4.90 Å². The molecule has 3 aromatic carbocycles. The molecule has 1 heterocycles.